The third-order valence-corrected chi connectivity index (χ3v) is 5.67. The van der Waals surface area contributed by atoms with Crippen LogP contribution in [0.3, 0.4) is 0 Å². The number of carbonyl (C=O) groups is 1. The Kier molecular flexibility index (Phi) is 4.46. The predicted molar refractivity (Wildman–Crippen MR) is 96.8 cm³/mol. The molecule has 1 N–H and O–H groups in total. The van der Waals surface area contributed by atoms with Crippen LogP contribution in [0.4, 0.5) is 0 Å². The van der Waals surface area contributed by atoms with E-state index in [4.69, 9.17) is 0 Å². The Balaban J connectivity index is 1.51. The zero-order valence-corrected chi connectivity index (χ0v) is 14.8. The highest BCUT2D eigenvalue weighted by Gasteiger charge is 2.41. The molecule has 1 aromatic carbocycles. The Hall–Kier alpha value is -2.68. The molecule has 0 saturated heterocycles. The third-order valence-electron chi connectivity index (χ3n) is 5.67. The molecule has 26 heavy (non-hydrogen) atoms. The molecule has 1 aliphatic carbocycles. The van der Waals surface area contributed by atoms with Gasteiger partial charge in [0, 0.05) is 24.6 Å². The Morgan fingerprint density at radius 2 is 1.96 bits per heavy atom. The van der Waals surface area contributed by atoms with Gasteiger partial charge in [-0.1, -0.05) is 49.6 Å². The van der Waals surface area contributed by atoms with Crippen molar-refractivity contribution in [2.24, 2.45) is 5.41 Å². The molecule has 1 fully saturated rings. The van der Waals surface area contributed by atoms with Gasteiger partial charge < -0.3 is 9.88 Å². The minimum absolute atomic E-state index is 0.0145. The first-order valence-electron chi connectivity index (χ1n) is 9.41. The first kappa shape index (κ1) is 16.8. The highest BCUT2D eigenvalue weighted by atomic mass is 16.2. The quantitative estimate of drug-likeness (QED) is 0.923. The summed E-state index contributed by atoms with van der Waals surface area (Å²) in [5, 5.41) is 21.4. The molecule has 2 aromatic rings. The van der Waals surface area contributed by atoms with Crippen LogP contribution in [0.1, 0.15) is 44.3 Å². The Morgan fingerprint density at radius 1 is 1.19 bits per heavy atom. The van der Waals surface area contributed by atoms with Crippen LogP contribution in [0.5, 0.6) is 0 Å². The zero-order valence-electron chi connectivity index (χ0n) is 14.8. The van der Waals surface area contributed by atoms with Gasteiger partial charge in [0.05, 0.1) is 6.07 Å². The van der Waals surface area contributed by atoms with Gasteiger partial charge in [-0.3, -0.25) is 4.79 Å². The second kappa shape index (κ2) is 6.91. The van der Waals surface area contributed by atoms with Crippen LogP contribution in [0.2, 0.25) is 0 Å². The summed E-state index contributed by atoms with van der Waals surface area (Å²) in [6.45, 7) is 0.653. The normalized spacial score (nSPS) is 21.4. The molecule has 1 atom stereocenters. The highest BCUT2D eigenvalue weighted by molar-refractivity contribution is 5.85. The fraction of sp³-hybridized carbons (Fsp3) is 0.500. The van der Waals surface area contributed by atoms with E-state index in [0.717, 1.165) is 49.3 Å². The summed E-state index contributed by atoms with van der Waals surface area (Å²) < 4.78 is 2.10. The van der Waals surface area contributed by atoms with Gasteiger partial charge in [0.2, 0.25) is 5.91 Å². The van der Waals surface area contributed by atoms with Crippen LogP contribution in [-0.2, 0) is 17.8 Å². The predicted octanol–water partition coefficient (Wildman–Crippen LogP) is 2.85. The van der Waals surface area contributed by atoms with E-state index in [0.29, 0.717) is 19.4 Å². The molecule has 1 saturated carbocycles. The Morgan fingerprint density at radius 3 is 2.69 bits per heavy atom. The monoisotopic (exact) mass is 349 g/mol. The lowest BCUT2D eigenvalue weighted by atomic mass is 9.74. The van der Waals surface area contributed by atoms with Crippen molar-refractivity contribution in [2.75, 3.05) is 0 Å². The van der Waals surface area contributed by atoms with Crippen molar-refractivity contribution >= 4 is 5.91 Å². The number of aryl methyl sites for hydroxylation is 1. The van der Waals surface area contributed by atoms with Crippen LogP contribution in [0.15, 0.2) is 30.3 Å². The number of aromatic nitrogens is 3. The summed E-state index contributed by atoms with van der Waals surface area (Å²) >= 11 is 0. The zero-order chi connectivity index (χ0) is 18.0. The average molecular weight is 349 g/mol. The minimum Gasteiger partial charge on any atom is -0.350 e. The van der Waals surface area contributed by atoms with Crippen molar-refractivity contribution in [1.29, 1.82) is 5.26 Å². The molecule has 6 heteroatoms. The Labute approximate surface area is 153 Å². The Bertz CT molecular complexity index is 830. The van der Waals surface area contributed by atoms with E-state index in [2.05, 4.69) is 26.2 Å². The smallest absolute Gasteiger partial charge is 0.240 e. The van der Waals surface area contributed by atoms with Gasteiger partial charge in [0.25, 0.3) is 0 Å². The fourth-order valence-electron chi connectivity index (χ4n) is 4.11. The molecule has 2 aliphatic rings. The summed E-state index contributed by atoms with van der Waals surface area (Å²) in [5.41, 5.74) is 0.188. The number of nitriles is 1. The maximum atomic E-state index is 12.9. The molecule has 2 heterocycles. The van der Waals surface area contributed by atoms with E-state index >= 15 is 0 Å². The summed E-state index contributed by atoms with van der Waals surface area (Å²) in [6, 6.07) is 12.3. The lowest BCUT2D eigenvalue weighted by Crippen LogP contribution is -2.48. The van der Waals surface area contributed by atoms with E-state index in [9.17, 15) is 10.1 Å². The summed E-state index contributed by atoms with van der Waals surface area (Å²) in [5.74, 6) is 1.71. The number of hydrogen-bond donors (Lipinski definition) is 1. The largest absolute Gasteiger partial charge is 0.350 e. The van der Waals surface area contributed by atoms with Gasteiger partial charge in [0.15, 0.2) is 5.82 Å². The molecule has 4 rings (SSSR count). The molecule has 1 aromatic heterocycles. The first-order valence-corrected chi connectivity index (χ1v) is 9.41. The van der Waals surface area contributed by atoms with E-state index in [1.54, 1.807) is 0 Å². The lowest BCUT2D eigenvalue weighted by molar-refractivity contribution is -0.130. The second-order valence-electron chi connectivity index (χ2n) is 7.38. The van der Waals surface area contributed by atoms with E-state index in [1.165, 1.54) is 0 Å². The third kappa shape index (κ3) is 2.98. The molecule has 1 amide bonds. The second-order valence-corrected chi connectivity index (χ2v) is 7.38. The molecular weight excluding hydrogens is 326 g/mol. The van der Waals surface area contributed by atoms with Gasteiger partial charge >= 0.3 is 0 Å². The van der Waals surface area contributed by atoms with Crippen LogP contribution in [0.25, 0.3) is 11.4 Å². The fourth-order valence-corrected chi connectivity index (χ4v) is 4.11. The topological polar surface area (TPSA) is 83.6 Å². The summed E-state index contributed by atoms with van der Waals surface area (Å²) in [4.78, 5) is 12.9. The number of nitrogens with zero attached hydrogens (tertiary/aromatic N) is 4. The number of carbonyl (C=O) groups excluding carboxylic acids is 1. The van der Waals surface area contributed by atoms with Gasteiger partial charge in [-0.2, -0.15) is 5.26 Å². The molecule has 6 nitrogen and oxygen atoms in total. The van der Waals surface area contributed by atoms with E-state index in [-0.39, 0.29) is 11.9 Å². The molecular formula is C20H23N5O. The van der Waals surface area contributed by atoms with Crippen molar-refractivity contribution in [1.82, 2.24) is 20.1 Å². The van der Waals surface area contributed by atoms with Crippen LogP contribution >= 0.6 is 0 Å². The molecule has 0 unspecified atom stereocenters. The van der Waals surface area contributed by atoms with Crippen molar-refractivity contribution in [3.8, 4) is 17.5 Å². The number of nitrogens with one attached hydrogen (secondary N) is 1. The van der Waals surface area contributed by atoms with E-state index in [1.807, 2.05) is 30.3 Å². The van der Waals surface area contributed by atoms with Crippen molar-refractivity contribution < 1.29 is 4.79 Å². The van der Waals surface area contributed by atoms with Crippen molar-refractivity contribution in [2.45, 2.75) is 57.5 Å². The minimum atomic E-state index is -0.839. The summed E-state index contributed by atoms with van der Waals surface area (Å²) in [6.07, 6.45) is 6.00. The first-order chi connectivity index (χ1) is 12.7. The van der Waals surface area contributed by atoms with Crippen LogP contribution < -0.4 is 5.32 Å². The van der Waals surface area contributed by atoms with E-state index < -0.39 is 5.41 Å². The summed E-state index contributed by atoms with van der Waals surface area (Å²) in [7, 11) is 0. The highest BCUT2D eigenvalue weighted by Crippen LogP contribution is 2.36. The molecule has 0 bridgehead atoms. The van der Waals surface area contributed by atoms with Gasteiger partial charge in [-0.05, 0) is 19.3 Å². The van der Waals surface area contributed by atoms with Gasteiger partial charge in [0.1, 0.15) is 11.2 Å². The maximum absolute atomic E-state index is 12.9. The number of fused-ring (bicyclic) bond motifs is 1. The number of benzene rings is 1. The molecule has 1 aliphatic heterocycles. The number of hydrogen-bond acceptors (Lipinski definition) is 4. The van der Waals surface area contributed by atoms with Crippen LogP contribution in [0, 0.1) is 16.7 Å². The van der Waals surface area contributed by atoms with Gasteiger partial charge in [-0.15, -0.1) is 10.2 Å². The van der Waals surface area contributed by atoms with Gasteiger partial charge in [-0.25, -0.2) is 0 Å². The standard InChI is InChI=1S/C20H23N5O/c21-14-20(11-5-2-6-12-20)19(26)22-16-9-10-17-23-24-18(25(17)13-16)15-7-3-1-4-8-15/h1,3-4,7-8,16H,2,5-6,9-13H2,(H,22,26)/t16-/m0/s1. The average Bonchev–Trinajstić information content (AvgIpc) is 3.12. The molecule has 134 valence electrons. The SMILES string of the molecule is N#CC1(C(=O)N[C@H]2CCc3nnc(-c4ccccc4)n3C2)CCCCC1. The molecule has 0 radical (unpaired) electrons. The van der Waals surface area contributed by atoms with Crippen molar-refractivity contribution in [3.05, 3.63) is 36.2 Å². The molecule has 0 spiro atoms. The number of amides is 1. The number of rotatable bonds is 3. The van der Waals surface area contributed by atoms with Crippen molar-refractivity contribution in [3.63, 3.8) is 0 Å². The maximum Gasteiger partial charge on any atom is 0.240 e. The lowest BCUT2D eigenvalue weighted by Gasteiger charge is -2.32. The van der Waals surface area contributed by atoms with Crippen LogP contribution in [-0.4, -0.2) is 26.7 Å².